The average molecular weight is 534 g/mol. The molecule has 2 amide bonds. The van der Waals surface area contributed by atoms with Crippen molar-refractivity contribution < 1.29 is 28.5 Å². The van der Waals surface area contributed by atoms with Crippen molar-refractivity contribution in [2.45, 2.75) is 12.7 Å². The number of piperazine rings is 1. The third kappa shape index (κ3) is 7.49. The third-order valence-corrected chi connectivity index (χ3v) is 6.72. The van der Waals surface area contributed by atoms with Crippen molar-refractivity contribution >= 4 is 17.7 Å². The summed E-state index contributed by atoms with van der Waals surface area (Å²) >= 11 is 0. The molecular formula is C30H35N3O6. The molecule has 0 unspecified atom stereocenters. The first-order valence-electron chi connectivity index (χ1n) is 12.8. The van der Waals surface area contributed by atoms with Crippen LogP contribution in [0.2, 0.25) is 0 Å². The lowest BCUT2D eigenvalue weighted by Gasteiger charge is -2.36. The number of ether oxygens (including phenoxy) is 4. The zero-order valence-corrected chi connectivity index (χ0v) is 22.6. The van der Waals surface area contributed by atoms with Crippen molar-refractivity contribution in [2.75, 3.05) is 59.4 Å². The SMILES string of the molecule is COC(=O)c1ccc(CO[C@@H](CN2CCN(C(=O)Nc3ccccc3OC)CC2)c2cccc(OC)c2)cc1. The van der Waals surface area contributed by atoms with Crippen molar-refractivity contribution in [1.82, 2.24) is 9.80 Å². The first-order valence-corrected chi connectivity index (χ1v) is 12.8. The van der Waals surface area contributed by atoms with Crippen LogP contribution in [0.3, 0.4) is 0 Å². The molecule has 1 heterocycles. The number of rotatable bonds is 10. The Morgan fingerprint density at radius 2 is 1.62 bits per heavy atom. The van der Waals surface area contributed by atoms with Gasteiger partial charge in [-0.3, -0.25) is 4.90 Å². The van der Waals surface area contributed by atoms with Crippen LogP contribution in [0.5, 0.6) is 11.5 Å². The highest BCUT2D eigenvalue weighted by Gasteiger charge is 2.25. The van der Waals surface area contributed by atoms with Gasteiger partial charge in [-0.25, -0.2) is 9.59 Å². The second-order valence-electron chi connectivity index (χ2n) is 9.18. The number of benzene rings is 3. The second-order valence-corrected chi connectivity index (χ2v) is 9.18. The maximum atomic E-state index is 12.9. The Hall–Kier alpha value is -4.08. The molecule has 3 aromatic rings. The Morgan fingerprint density at radius 3 is 2.31 bits per heavy atom. The predicted molar refractivity (Wildman–Crippen MR) is 148 cm³/mol. The van der Waals surface area contributed by atoms with Crippen molar-refractivity contribution in [2.24, 2.45) is 0 Å². The fourth-order valence-electron chi connectivity index (χ4n) is 4.46. The Labute approximate surface area is 229 Å². The number of carbonyl (C=O) groups is 2. The van der Waals surface area contributed by atoms with Gasteiger partial charge in [0.2, 0.25) is 0 Å². The average Bonchev–Trinajstić information content (AvgIpc) is 2.99. The van der Waals surface area contributed by atoms with E-state index in [1.165, 1.54) is 7.11 Å². The minimum Gasteiger partial charge on any atom is -0.497 e. The predicted octanol–water partition coefficient (Wildman–Crippen LogP) is 4.60. The maximum Gasteiger partial charge on any atom is 0.337 e. The first-order chi connectivity index (χ1) is 19.0. The van der Waals surface area contributed by atoms with Crippen LogP contribution in [-0.2, 0) is 16.1 Å². The van der Waals surface area contributed by atoms with E-state index >= 15 is 0 Å². The van der Waals surface area contributed by atoms with E-state index in [0.29, 0.717) is 43.2 Å². The molecule has 206 valence electrons. The lowest BCUT2D eigenvalue weighted by atomic mass is 10.1. The molecule has 3 aromatic carbocycles. The Balaban J connectivity index is 1.37. The second kappa shape index (κ2) is 13.6. The third-order valence-electron chi connectivity index (χ3n) is 6.72. The van der Waals surface area contributed by atoms with Gasteiger partial charge in [-0.1, -0.05) is 36.4 Å². The van der Waals surface area contributed by atoms with E-state index in [0.717, 1.165) is 30.0 Å². The summed E-state index contributed by atoms with van der Waals surface area (Å²) < 4.78 is 22.0. The number of nitrogens with one attached hydrogen (secondary N) is 1. The van der Waals surface area contributed by atoms with E-state index in [4.69, 9.17) is 18.9 Å². The number of urea groups is 1. The highest BCUT2D eigenvalue weighted by atomic mass is 16.5. The summed E-state index contributed by atoms with van der Waals surface area (Å²) in [6, 6.07) is 22.3. The monoisotopic (exact) mass is 533 g/mol. The van der Waals surface area contributed by atoms with E-state index in [1.54, 1.807) is 26.4 Å². The summed E-state index contributed by atoms with van der Waals surface area (Å²) in [5.41, 5.74) is 3.11. The molecule has 1 fully saturated rings. The van der Waals surface area contributed by atoms with Gasteiger partial charge < -0.3 is 29.2 Å². The number of anilines is 1. The van der Waals surface area contributed by atoms with Gasteiger partial charge in [-0.2, -0.15) is 0 Å². The molecule has 39 heavy (non-hydrogen) atoms. The number of methoxy groups -OCH3 is 3. The van der Waals surface area contributed by atoms with E-state index in [9.17, 15) is 9.59 Å². The maximum absolute atomic E-state index is 12.9. The number of nitrogens with zero attached hydrogens (tertiary/aromatic N) is 2. The summed E-state index contributed by atoms with van der Waals surface area (Å²) in [4.78, 5) is 28.7. The molecule has 9 heteroatoms. The van der Waals surface area contributed by atoms with Crippen LogP contribution in [0, 0.1) is 0 Å². The topological polar surface area (TPSA) is 89.6 Å². The standard InChI is InChI=1S/C30H35N3O6/c1-36-25-8-6-7-24(19-25)28(39-21-22-11-13-23(14-12-22)29(34)38-3)20-32-15-17-33(18-16-32)30(35)31-26-9-4-5-10-27(26)37-2/h4-14,19,28H,15-18,20-21H2,1-3H3,(H,31,35)/t28-/m0/s1. The zero-order chi connectivity index (χ0) is 27.6. The molecule has 0 aliphatic carbocycles. The molecule has 1 saturated heterocycles. The van der Waals surface area contributed by atoms with Gasteiger partial charge in [-0.15, -0.1) is 0 Å². The molecule has 0 radical (unpaired) electrons. The van der Waals surface area contributed by atoms with Gasteiger partial charge in [0.15, 0.2) is 0 Å². The largest absolute Gasteiger partial charge is 0.497 e. The summed E-state index contributed by atoms with van der Waals surface area (Å²) in [5, 5.41) is 2.95. The van der Waals surface area contributed by atoms with Crippen LogP contribution >= 0.6 is 0 Å². The van der Waals surface area contributed by atoms with Crippen LogP contribution in [0.15, 0.2) is 72.8 Å². The molecular weight excluding hydrogens is 498 g/mol. The number of hydrogen-bond acceptors (Lipinski definition) is 7. The molecule has 1 aliphatic rings. The van der Waals surface area contributed by atoms with Gasteiger partial charge in [0.25, 0.3) is 0 Å². The van der Waals surface area contributed by atoms with Gasteiger partial charge in [0.05, 0.1) is 45.3 Å². The summed E-state index contributed by atoms with van der Waals surface area (Å²) in [6.45, 7) is 3.68. The van der Waals surface area contributed by atoms with E-state index in [2.05, 4.69) is 10.2 Å². The first kappa shape index (κ1) is 27.9. The number of hydrogen-bond donors (Lipinski definition) is 1. The molecule has 0 bridgehead atoms. The number of para-hydroxylation sites is 2. The Morgan fingerprint density at radius 1 is 0.872 bits per heavy atom. The highest BCUT2D eigenvalue weighted by Crippen LogP contribution is 2.26. The van der Waals surface area contributed by atoms with Crippen LogP contribution in [0.25, 0.3) is 0 Å². The van der Waals surface area contributed by atoms with Gasteiger partial charge in [0, 0.05) is 32.7 Å². The molecule has 1 aliphatic heterocycles. The zero-order valence-electron chi connectivity index (χ0n) is 22.6. The molecule has 1 N–H and O–H groups in total. The number of carbonyl (C=O) groups excluding carboxylic acids is 2. The summed E-state index contributed by atoms with van der Waals surface area (Å²) in [5.74, 6) is 1.02. The van der Waals surface area contributed by atoms with Crippen molar-refractivity contribution in [1.29, 1.82) is 0 Å². The van der Waals surface area contributed by atoms with Gasteiger partial charge in [-0.05, 0) is 47.5 Å². The van der Waals surface area contributed by atoms with Crippen LogP contribution in [0.4, 0.5) is 10.5 Å². The van der Waals surface area contributed by atoms with Crippen molar-refractivity contribution in [3.05, 3.63) is 89.5 Å². The van der Waals surface area contributed by atoms with Crippen LogP contribution in [0.1, 0.15) is 27.6 Å². The molecule has 0 saturated carbocycles. The lowest BCUT2D eigenvalue weighted by molar-refractivity contribution is 0.00582. The van der Waals surface area contributed by atoms with Gasteiger partial charge in [0.1, 0.15) is 11.5 Å². The molecule has 1 atom stereocenters. The summed E-state index contributed by atoms with van der Waals surface area (Å²) in [7, 11) is 4.60. The minimum absolute atomic E-state index is 0.143. The van der Waals surface area contributed by atoms with Crippen LogP contribution < -0.4 is 14.8 Å². The summed E-state index contributed by atoms with van der Waals surface area (Å²) in [6.07, 6.45) is -0.214. The smallest absolute Gasteiger partial charge is 0.337 e. The van der Waals surface area contributed by atoms with E-state index in [-0.39, 0.29) is 18.1 Å². The number of amides is 2. The Kier molecular flexibility index (Phi) is 9.77. The normalized spacial score (nSPS) is 14.4. The van der Waals surface area contributed by atoms with Gasteiger partial charge >= 0.3 is 12.0 Å². The molecule has 9 nitrogen and oxygen atoms in total. The highest BCUT2D eigenvalue weighted by molar-refractivity contribution is 5.91. The molecule has 0 spiro atoms. The quantitative estimate of drug-likeness (QED) is 0.381. The Bertz CT molecular complexity index is 1240. The van der Waals surface area contributed by atoms with Crippen molar-refractivity contribution in [3.63, 3.8) is 0 Å². The lowest BCUT2D eigenvalue weighted by Crippen LogP contribution is -2.50. The molecule has 0 aromatic heterocycles. The van der Waals surface area contributed by atoms with E-state index in [1.807, 2.05) is 65.6 Å². The fraction of sp³-hybridized carbons (Fsp3) is 0.333. The van der Waals surface area contributed by atoms with Crippen LogP contribution in [-0.4, -0.2) is 75.9 Å². The van der Waals surface area contributed by atoms with Crippen molar-refractivity contribution in [3.8, 4) is 11.5 Å². The molecule has 4 rings (SSSR count). The van der Waals surface area contributed by atoms with E-state index < -0.39 is 0 Å². The minimum atomic E-state index is -0.368. The number of esters is 1. The fourth-order valence-corrected chi connectivity index (χ4v) is 4.46.